The van der Waals surface area contributed by atoms with Gasteiger partial charge in [-0.1, -0.05) is 36.8 Å². The van der Waals surface area contributed by atoms with E-state index in [1.165, 1.54) is 18.3 Å². The van der Waals surface area contributed by atoms with Crippen molar-refractivity contribution < 1.29 is 23.5 Å². The summed E-state index contributed by atoms with van der Waals surface area (Å²) in [6.45, 7) is 5.86. The summed E-state index contributed by atoms with van der Waals surface area (Å²) in [6, 6.07) is 19.5. The van der Waals surface area contributed by atoms with E-state index in [0.29, 0.717) is 59.1 Å². The fraction of sp³-hybridized carbons (Fsp3) is 0.294. The number of nitrogens with zero attached hydrogens (tertiary/aromatic N) is 1. The topological polar surface area (TPSA) is 109 Å². The number of anilines is 2. The van der Waals surface area contributed by atoms with Crippen molar-refractivity contribution in [2.45, 2.75) is 52.1 Å². The van der Waals surface area contributed by atoms with Crippen molar-refractivity contribution in [1.82, 2.24) is 15.6 Å². The first-order valence-electron chi connectivity index (χ1n) is 14.3. The number of aromatic nitrogens is 1. The van der Waals surface area contributed by atoms with Gasteiger partial charge in [-0.2, -0.15) is 0 Å². The molecule has 3 aromatic carbocycles. The van der Waals surface area contributed by atoms with Crippen LogP contribution in [0.15, 0.2) is 72.9 Å². The number of halogens is 1. The molecule has 1 heterocycles. The molecule has 8 nitrogen and oxygen atoms in total. The molecule has 43 heavy (non-hydrogen) atoms. The van der Waals surface area contributed by atoms with Crippen LogP contribution in [0.5, 0.6) is 0 Å². The van der Waals surface area contributed by atoms with E-state index in [4.69, 9.17) is 4.74 Å². The number of carbonyl (C=O) groups excluding carboxylic acids is 3. The van der Waals surface area contributed by atoms with E-state index >= 15 is 4.39 Å². The quantitative estimate of drug-likeness (QED) is 0.133. The molecule has 3 N–H and O–H groups in total. The average Bonchev–Trinajstić information content (AvgIpc) is 2.98. The van der Waals surface area contributed by atoms with Gasteiger partial charge in [0.15, 0.2) is 0 Å². The number of pyridine rings is 1. The molecule has 0 unspecified atom stereocenters. The van der Waals surface area contributed by atoms with E-state index in [1.807, 2.05) is 69.3 Å². The third-order valence-electron chi connectivity index (χ3n) is 6.69. The van der Waals surface area contributed by atoms with Crippen molar-refractivity contribution >= 4 is 40.1 Å². The fourth-order valence-electron chi connectivity index (χ4n) is 4.62. The Hall–Kier alpha value is -4.79. The highest BCUT2D eigenvalue weighted by atomic mass is 19.1. The normalized spacial score (nSPS) is 11.2. The van der Waals surface area contributed by atoms with Gasteiger partial charge in [0.2, 0.25) is 0 Å². The predicted octanol–water partition coefficient (Wildman–Crippen LogP) is 6.78. The van der Waals surface area contributed by atoms with Crippen LogP contribution in [0.4, 0.5) is 15.8 Å². The molecule has 0 saturated carbocycles. The molecular formula is C34H37FN4O4. The molecule has 4 aromatic rings. The highest BCUT2D eigenvalue weighted by Crippen LogP contribution is 2.33. The maximum Gasteiger partial charge on any atom is 0.306 e. The van der Waals surface area contributed by atoms with E-state index < -0.39 is 17.3 Å². The summed E-state index contributed by atoms with van der Waals surface area (Å²) in [7, 11) is 1.56. The number of nitrogens with one attached hydrogen (secondary N) is 3. The summed E-state index contributed by atoms with van der Waals surface area (Å²) in [5.74, 6) is -1.66. The number of benzene rings is 3. The van der Waals surface area contributed by atoms with Gasteiger partial charge < -0.3 is 20.7 Å². The van der Waals surface area contributed by atoms with Crippen molar-refractivity contribution in [2.75, 3.05) is 18.9 Å². The van der Waals surface area contributed by atoms with Gasteiger partial charge in [-0.15, -0.1) is 0 Å². The summed E-state index contributed by atoms with van der Waals surface area (Å²) >= 11 is 0. The number of unbranched alkanes of at least 4 members (excludes halogenated alkanes) is 2. The zero-order valence-electron chi connectivity index (χ0n) is 24.9. The van der Waals surface area contributed by atoms with Crippen molar-refractivity contribution in [3.8, 4) is 11.1 Å². The van der Waals surface area contributed by atoms with E-state index in [9.17, 15) is 14.4 Å². The van der Waals surface area contributed by atoms with Crippen LogP contribution < -0.4 is 16.0 Å². The molecule has 0 aliphatic heterocycles. The Bertz CT molecular complexity index is 1620. The average molecular weight is 585 g/mol. The van der Waals surface area contributed by atoms with E-state index in [-0.39, 0.29) is 17.4 Å². The maximum absolute atomic E-state index is 15.1. The van der Waals surface area contributed by atoms with Crippen molar-refractivity contribution in [2.24, 2.45) is 0 Å². The van der Waals surface area contributed by atoms with Crippen LogP contribution in [-0.2, 0) is 9.53 Å². The lowest BCUT2D eigenvalue weighted by molar-refractivity contribution is -0.154. The second-order valence-corrected chi connectivity index (χ2v) is 11.2. The number of carbonyl (C=O) groups is 3. The lowest BCUT2D eigenvalue weighted by Crippen LogP contribution is -2.25. The van der Waals surface area contributed by atoms with Gasteiger partial charge in [-0.3, -0.25) is 19.4 Å². The number of fused-ring (bicyclic) bond motifs is 1. The van der Waals surface area contributed by atoms with Crippen LogP contribution >= 0.6 is 0 Å². The Labute approximate surface area is 251 Å². The lowest BCUT2D eigenvalue weighted by Gasteiger charge is -2.19. The van der Waals surface area contributed by atoms with Gasteiger partial charge in [0.1, 0.15) is 11.4 Å². The van der Waals surface area contributed by atoms with Gasteiger partial charge in [-0.25, -0.2) is 4.39 Å². The second kappa shape index (κ2) is 13.9. The monoisotopic (exact) mass is 584 g/mol. The Morgan fingerprint density at radius 2 is 1.58 bits per heavy atom. The lowest BCUT2D eigenvalue weighted by atomic mass is 9.99. The van der Waals surface area contributed by atoms with Gasteiger partial charge in [-0.05, 0) is 81.1 Å². The van der Waals surface area contributed by atoms with E-state index in [1.54, 1.807) is 13.1 Å². The minimum absolute atomic E-state index is 0.0479. The minimum Gasteiger partial charge on any atom is -0.460 e. The van der Waals surface area contributed by atoms with E-state index in [2.05, 4.69) is 20.9 Å². The Morgan fingerprint density at radius 3 is 2.28 bits per heavy atom. The van der Waals surface area contributed by atoms with Gasteiger partial charge >= 0.3 is 5.97 Å². The predicted molar refractivity (Wildman–Crippen MR) is 167 cm³/mol. The molecule has 0 aliphatic carbocycles. The number of ether oxygens (including phenoxy) is 1. The molecule has 2 amide bonds. The number of esters is 1. The standard InChI is InChI=1S/C34H37FN4O4/c1-34(2,3)43-30(40)13-9-6-10-18-37-33(42)25-16-14-23(20-28(25)35)22-15-17-29-26(19-22)31(27(21-38-29)32(41)36-4)39-24-11-7-5-8-12-24/h5,7-8,11-12,14-17,19-21H,6,9-10,13,18H2,1-4H3,(H,36,41)(H,37,42)(H,38,39). The van der Waals surface area contributed by atoms with Crippen LogP contribution in [0.2, 0.25) is 0 Å². The van der Waals surface area contributed by atoms with Gasteiger partial charge in [0, 0.05) is 37.3 Å². The van der Waals surface area contributed by atoms with Crippen molar-refractivity contribution in [3.63, 3.8) is 0 Å². The Morgan fingerprint density at radius 1 is 0.860 bits per heavy atom. The Balaban J connectivity index is 1.46. The van der Waals surface area contributed by atoms with Crippen LogP contribution in [-0.4, -0.2) is 42.0 Å². The molecule has 0 bridgehead atoms. The smallest absolute Gasteiger partial charge is 0.306 e. The summed E-state index contributed by atoms with van der Waals surface area (Å²) in [6.07, 6.45) is 3.91. The first-order valence-corrected chi connectivity index (χ1v) is 14.3. The number of para-hydroxylation sites is 1. The zero-order chi connectivity index (χ0) is 31.0. The number of hydrogen-bond donors (Lipinski definition) is 3. The molecular weight excluding hydrogens is 547 g/mol. The van der Waals surface area contributed by atoms with Crippen LogP contribution in [0.3, 0.4) is 0 Å². The summed E-state index contributed by atoms with van der Waals surface area (Å²) in [5.41, 5.74) is 3.15. The molecule has 0 saturated heterocycles. The minimum atomic E-state index is -0.639. The summed E-state index contributed by atoms with van der Waals surface area (Å²) < 4.78 is 20.4. The molecule has 4 rings (SSSR count). The van der Waals surface area contributed by atoms with Crippen molar-refractivity contribution in [1.29, 1.82) is 0 Å². The molecule has 0 spiro atoms. The molecule has 0 fully saturated rings. The fourth-order valence-corrected chi connectivity index (χ4v) is 4.62. The third-order valence-corrected chi connectivity index (χ3v) is 6.69. The molecule has 0 aliphatic rings. The van der Waals surface area contributed by atoms with Gasteiger partial charge in [0.25, 0.3) is 11.8 Å². The second-order valence-electron chi connectivity index (χ2n) is 11.2. The van der Waals surface area contributed by atoms with Crippen molar-refractivity contribution in [3.05, 3.63) is 89.9 Å². The molecule has 1 aromatic heterocycles. The highest BCUT2D eigenvalue weighted by Gasteiger charge is 2.18. The number of hydrogen-bond acceptors (Lipinski definition) is 6. The highest BCUT2D eigenvalue weighted by molar-refractivity contribution is 6.08. The number of amides is 2. The zero-order valence-corrected chi connectivity index (χ0v) is 24.9. The molecule has 9 heteroatoms. The largest absolute Gasteiger partial charge is 0.460 e. The van der Waals surface area contributed by atoms with Crippen LogP contribution in [0, 0.1) is 5.82 Å². The molecule has 224 valence electrons. The SMILES string of the molecule is CNC(=O)c1cnc2ccc(-c3ccc(C(=O)NCCCCCC(=O)OC(C)(C)C)c(F)c3)cc2c1Nc1ccccc1. The molecule has 0 radical (unpaired) electrons. The van der Waals surface area contributed by atoms with E-state index in [0.717, 1.165) is 12.1 Å². The third kappa shape index (κ3) is 8.38. The molecule has 0 atom stereocenters. The van der Waals surface area contributed by atoms with Crippen LogP contribution in [0.1, 0.15) is 67.2 Å². The van der Waals surface area contributed by atoms with Gasteiger partial charge in [0.05, 0.1) is 22.3 Å². The summed E-state index contributed by atoms with van der Waals surface area (Å²) in [5, 5.41) is 9.44. The first kappa shape index (κ1) is 31.2. The Kier molecular flexibility index (Phi) is 10.1. The first-order chi connectivity index (χ1) is 20.6. The number of rotatable bonds is 11. The maximum atomic E-state index is 15.1. The summed E-state index contributed by atoms with van der Waals surface area (Å²) in [4.78, 5) is 41.6. The van der Waals surface area contributed by atoms with Crippen LogP contribution in [0.25, 0.3) is 22.0 Å².